The van der Waals surface area contributed by atoms with Crippen LogP contribution in [0.5, 0.6) is 5.75 Å². The lowest BCUT2D eigenvalue weighted by Gasteiger charge is -2.13. The second-order valence-electron chi connectivity index (χ2n) is 4.76. The fraction of sp³-hybridized carbons (Fsp3) is 0.533. The molecule has 1 aromatic carbocycles. The Morgan fingerprint density at radius 2 is 2.18 bits per heavy atom. The molecule has 0 fully saturated rings. The number of ether oxygens (including phenoxy) is 2. The maximum absolute atomic E-state index is 11.6. The first-order chi connectivity index (χ1) is 10.1. The molecule has 0 aromatic heterocycles. The van der Waals surface area contributed by atoms with E-state index in [2.05, 4.69) is 5.32 Å². The summed E-state index contributed by atoms with van der Waals surface area (Å²) in [5.74, 6) is 0.753. The standard InChI is InChI=1S/C15H23ClN2O3.ClH/c1-11-8-12(16)4-5-14(11)21-7-3-6-18-15(19)9-13(10-17)20-2;/h4-5,8,13H,3,6-7,9-10,17H2,1-2H3,(H,18,19);1H. The Hall–Kier alpha value is -1.01. The minimum Gasteiger partial charge on any atom is -0.493 e. The second-order valence-corrected chi connectivity index (χ2v) is 5.20. The summed E-state index contributed by atoms with van der Waals surface area (Å²) in [6, 6.07) is 5.50. The van der Waals surface area contributed by atoms with Crippen molar-refractivity contribution >= 4 is 29.9 Å². The van der Waals surface area contributed by atoms with E-state index >= 15 is 0 Å². The van der Waals surface area contributed by atoms with Crippen molar-refractivity contribution in [3.8, 4) is 5.75 Å². The predicted octanol–water partition coefficient (Wildman–Crippen LogP) is 2.32. The smallest absolute Gasteiger partial charge is 0.222 e. The summed E-state index contributed by atoms with van der Waals surface area (Å²) in [7, 11) is 1.55. The van der Waals surface area contributed by atoms with Crippen molar-refractivity contribution in [2.45, 2.75) is 25.9 Å². The maximum atomic E-state index is 11.6. The summed E-state index contributed by atoms with van der Waals surface area (Å²) < 4.78 is 10.7. The van der Waals surface area contributed by atoms with Crippen molar-refractivity contribution in [3.63, 3.8) is 0 Å². The topological polar surface area (TPSA) is 73.6 Å². The maximum Gasteiger partial charge on any atom is 0.222 e. The Morgan fingerprint density at radius 1 is 1.45 bits per heavy atom. The van der Waals surface area contributed by atoms with Gasteiger partial charge in [-0.05, 0) is 37.1 Å². The molecule has 0 heterocycles. The lowest BCUT2D eigenvalue weighted by Crippen LogP contribution is -2.33. The summed E-state index contributed by atoms with van der Waals surface area (Å²) in [6.07, 6.45) is 0.788. The van der Waals surface area contributed by atoms with Crippen LogP contribution in [0.4, 0.5) is 0 Å². The molecule has 1 unspecified atom stereocenters. The first kappa shape index (κ1) is 21.0. The van der Waals surface area contributed by atoms with Gasteiger partial charge >= 0.3 is 0 Å². The van der Waals surface area contributed by atoms with Gasteiger partial charge in [-0.2, -0.15) is 0 Å². The molecule has 1 aromatic rings. The number of carbonyl (C=O) groups is 1. The van der Waals surface area contributed by atoms with Crippen LogP contribution < -0.4 is 15.8 Å². The molecule has 0 saturated heterocycles. The molecule has 1 amide bonds. The van der Waals surface area contributed by atoms with E-state index in [4.69, 9.17) is 26.8 Å². The number of carbonyl (C=O) groups excluding carboxylic acids is 1. The Morgan fingerprint density at radius 3 is 2.77 bits per heavy atom. The van der Waals surface area contributed by atoms with Crippen LogP contribution in [0, 0.1) is 6.92 Å². The van der Waals surface area contributed by atoms with Gasteiger partial charge < -0.3 is 20.5 Å². The number of amides is 1. The molecule has 0 aliphatic rings. The van der Waals surface area contributed by atoms with E-state index in [1.807, 2.05) is 19.1 Å². The van der Waals surface area contributed by atoms with Gasteiger partial charge in [0.1, 0.15) is 5.75 Å². The van der Waals surface area contributed by atoms with Crippen molar-refractivity contribution in [1.82, 2.24) is 5.32 Å². The van der Waals surface area contributed by atoms with Crippen LogP contribution in [0.25, 0.3) is 0 Å². The molecular weight excluding hydrogens is 327 g/mol. The highest BCUT2D eigenvalue weighted by Gasteiger charge is 2.10. The van der Waals surface area contributed by atoms with Gasteiger partial charge in [-0.3, -0.25) is 4.79 Å². The first-order valence-electron chi connectivity index (χ1n) is 6.95. The number of nitrogens with two attached hydrogens (primary N) is 1. The molecule has 0 radical (unpaired) electrons. The molecule has 5 nitrogen and oxygen atoms in total. The number of hydrogen-bond donors (Lipinski definition) is 2. The van der Waals surface area contributed by atoms with Gasteiger partial charge in [-0.15, -0.1) is 12.4 Å². The SMILES string of the molecule is COC(CN)CC(=O)NCCCOc1ccc(Cl)cc1C.Cl. The van der Waals surface area contributed by atoms with E-state index in [1.54, 1.807) is 13.2 Å². The normalized spacial score (nSPS) is 11.5. The van der Waals surface area contributed by atoms with Crippen molar-refractivity contribution in [2.75, 3.05) is 26.8 Å². The Kier molecular flexibility index (Phi) is 11.0. The van der Waals surface area contributed by atoms with Crippen LogP contribution in [0.1, 0.15) is 18.4 Å². The Bertz CT molecular complexity index is 454. The van der Waals surface area contributed by atoms with Crippen molar-refractivity contribution < 1.29 is 14.3 Å². The third kappa shape index (κ3) is 7.84. The molecule has 0 spiro atoms. The number of rotatable bonds is 9. The van der Waals surface area contributed by atoms with Gasteiger partial charge in [0.25, 0.3) is 0 Å². The minimum atomic E-state index is -0.224. The van der Waals surface area contributed by atoms with E-state index in [9.17, 15) is 4.79 Å². The molecule has 0 saturated carbocycles. The van der Waals surface area contributed by atoms with Crippen LogP contribution in [-0.2, 0) is 9.53 Å². The lowest BCUT2D eigenvalue weighted by molar-refractivity contribution is -0.123. The number of methoxy groups -OCH3 is 1. The average molecular weight is 351 g/mol. The average Bonchev–Trinajstić information content (AvgIpc) is 2.46. The molecule has 0 bridgehead atoms. The van der Waals surface area contributed by atoms with Crippen LogP contribution in [-0.4, -0.2) is 38.8 Å². The van der Waals surface area contributed by atoms with Gasteiger partial charge in [0.15, 0.2) is 0 Å². The van der Waals surface area contributed by atoms with E-state index in [-0.39, 0.29) is 30.8 Å². The molecule has 126 valence electrons. The summed E-state index contributed by atoms with van der Waals surface area (Å²) in [4.78, 5) is 11.6. The van der Waals surface area contributed by atoms with E-state index in [0.717, 1.165) is 17.7 Å². The zero-order valence-electron chi connectivity index (χ0n) is 12.9. The van der Waals surface area contributed by atoms with Gasteiger partial charge in [-0.25, -0.2) is 0 Å². The molecule has 0 aliphatic heterocycles. The van der Waals surface area contributed by atoms with Gasteiger partial charge in [0.05, 0.1) is 19.1 Å². The number of aryl methyl sites for hydroxylation is 1. The molecule has 0 aliphatic carbocycles. The zero-order chi connectivity index (χ0) is 15.7. The van der Waals surface area contributed by atoms with E-state index in [1.165, 1.54) is 0 Å². The molecule has 1 atom stereocenters. The first-order valence-corrected chi connectivity index (χ1v) is 7.33. The third-order valence-electron chi connectivity index (χ3n) is 3.05. The number of hydrogen-bond acceptors (Lipinski definition) is 4. The Balaban J connectivity index is 0.00000441. The van der Waals surface area contributed by atoms with Gasteiger partial charge in [-0.1, -0.05) is 11.6 Å². The summed E-state index contributed by atoms with van der Waals surface area (Å²) in [5, 5.41) is 3.51. The predicted molar refractivity (Wildman–Crippen MR) is 91.0 cm³/mol. The summed E-state index contributed by atoms with van der Waals surface area (Å²) in [5.41, 5.74) is 6.46. The van der Waals surface area contributed by atoms with Crippen LogP contribution in [0.3, 0.4) is 0 Å². The summed E-state index contributed by atoms with van der Waals surface area (Å²) >= 11 is 5.88. The highest BCUT2D eigenvalue weighted by atomic mass is 35.5. The fourth-order valence-corrected chi connectivity index (χ4v) is 2.03. The highest BCUT2D eigenvalue weighted by molar-refractivity contribution is 6.30. The molecule has 3 N–H and O–H groups in total. The third-order valence-corrected chi connectivity index (χ3v) is 3.28. The zero-order valence-corrected chi connectivity index (χ0v) is 14.5. The monoisotopic (exact) mass is 350 g/mol. The van der Waals surface area contributed by atoms with E-state index in [0.29, 0.717) is 24.7 Å². The van der Waals surface area contributed by atoms with Crippen molar-refractivity contribution in [2.24, 2.45) is 5.73 Å². The van der Waals surface area contributed by atoms with Crippen molar-refractivity contribution in [1.29, 1.82) is 0 Å². The van der Waals surface area contributed by atoms with Gasteiger partial charge in [0.2, 0.25) is 5.91 Å². The molecule has 22 heavy (non-hydrogen) atoms. The number of benzene rings is 1. The van der Waals surface area contributed by atoms with Crippen LogP contribution in [0.2, 0.25) is 5.02 Å². The fourth-order valence-electron chi connectivity index (χ4n) is 1.80. The number of nitrogens with one attached hydrogen (secondary N) is 1. The highest BCUT2D eigenvalue weighted by Crippen LogP contribution is 2.21. The molecule has 1 rings (SSSR count). The lowest BCUT2D eigenvalue weighted by atomic mass is 10.2. The molecular formula is C15H24Cl2N2O3. The van der Waals surface area contributed by atoms with Crippen LogP contribution in [0.15, 0.2) is 18.2 Å². The summed E-state index contributed by atoms with van der Waals surface area (Å²) in [6.45, 7) is 3.38. The van der Waals surface area contributed by atoms with Crippen molar-refractivity contribution in [3.05, 3.63) is 28.8 Å². The van der Waals surface area contributed by atoms with Crippen LogP contribution >= 0.6 is 24.0 Å². The van der Waals surface area contributed by atoms with E-state index < -0.39 is 0 Å². The molecule has 7 heteroatoms. The minimum absolute atomic E-state index is 0. The van der Waals surface area contributed by atoms with Gasteiger partial charge in [0, 0.05) is 25.2 Å². The second kappa shape index (κ2) is 11.5. The largest absolute Gasteiger partial charge is 0.493 e. The number of halogens is 2. The Labute approximate surface area is 142 Å². The quantitative estimate of drug-likeness (QED) is 0.670.